The molecule has 3 heteroatoms. The zero-order chi connectivity index (χ0) is 9.42. The second-order valence-electron chi connectivity index (χ2n) is 2.98. The van der Waals surface area contributed by atoms with Gasteiger partial charge in [0.05, 0.1) is 15.9 Å². The first kappa shape index (κ1) is 8.32. The molecule has 0 bridgehead atoms. The summed E-state index contributed by atoms with van der Waals surface area (Å²) in [6.45, 7) is 1.85. The van der Waals surface area contributed by atoms with Crippen molar-refractivity contribution in [3.8, 4) is 0 Å². The summed E-state index contributed by atoms with van der Waals surface area (Å²) >= 11 is 5.89. The molecule has 0 radical (unpaired) electrons. The van der Waals surface area contributed by atoms with Crippen LogP contribution in [0.25, 0.3) is 10.9 Å². The van der Waals surface area contributed by atoms with Crippen LogP contribution in [0.4, 0.5) is 0 Å². The Morgan fingerprint density at radius 3 is 2.92 bits per heavy atom. The van der Waals surface area contributed by atoms with Crippen molar-refractivity contribution in [2.24, 2.45) is 0 Å². The molecule has 0 aliphatic rings. The third kappa shape index (κ3) is 1.33. The predicted octanol–water partition coefficient (Wildman–Crippen LogP) is 2.49. The molecule has 0 atom stereocenters. The molecule has 2 rings (SSSR count). The van der Waals surface area contributed by atoms with Crippen molar-refractivity contribution in [2.45, 2.75) is 6.92 Å². The molecule has 0 aliphatic carbocycles. The summed E-state index contributed by atoms with van der Waals surface area (Å²) < 4.78 is 0. The highest BCUT2D eigenvalue weighted by atomic mass is 35.5. The molecule has 1 aromatic heterocycles. The van der Waals surface area contributed by atoms with Crippen molar-refractivity contribution < 1.29 is 0 Å². The highest BCUT2D eigenvalue weighted by Crippen LogP contribution is 2.18. The maximum absolute atomic E-state index is 11.5. The molecule has 66 valence electrons. The van der Waals surface area contributed by atoms with Crippen LogP contribution < -0.4 is 5.43 Å². The van der Waals surface area contributed by atoms with E-state index in [1.807, 2.05) is 19.1 Å². The standard InChI is InChI=1S/C10H8ClNO/c1-6-5-9(13)10-7(11)3-2-4-8(10)12-6/h2-5H,1H3,(H,12,13). The summed E-state index contributed by atoms with van der Waals surface area (Å²) in [5, 5.41) is 1.06. The molecule has 2 nitrogen and oxygen atoms in total. The Morgan fingerprint density at radius 2 is 2.15 bits per heavy atom. The number of benzene rings is 1. The highest BCUT2D eigenvalue weighted by Gasteiger charge is 2.02. The van der Waals surface area contributed by atoms with E-state index < -0.39 is 0 Å². The Bertz CT molecular complexity index is 516. The second-order valence-corrected chi connectivity index (χ2v) is 3.39. The van der Waals surface area contributed by atoms with Gasteiger partial charge in [0.15, 0.2) is 5.43 Å². The number of halogens is 1. The van der Waals surface area contributed by atoms with Crippen molar-refractivity contribution in [3.05, 3.63) is 45.2 Å². The summed E-state index contributed by atoms with van der Waals surface area (Å²) in [5.74, 6) is 0. The lowest BCUT2D eigenvalue weighted by molar-refractivity contribution is 1.24. The van der Waals surface area contributed by atoms with Crippen LogP contribution in [0, 0.1) is 6.92 Å². The van der Waals surface area contributed by atoms with Crippen molar-refractivity contribution in [3.63, 3.8) is 0 Å². The fourth-order valence-electron chi connectivity index (χ4n) is 1.40. The zero-order valence-corrected chi connectivity index (χ0v) is 7.85. The summed E-state index contributed by atoms with van der Waals surface area (Å²) in [5.41, 5.74) is 1.61. The van der Waals surface area contributed by atoms with E-state index in [0.717, 1.165) is 11.2 Å². The van der Waals surface area contributed by atoms with E-state index in [-0.39, 0.29) is 5.43 Å². The average molecular weight is 194 g/mol. The lowest BCUT2D eigenvalue weighted by Crippen LogP contribution is -2.03. The van der Waals surface area contributed by atoms with E-state index in [2.05, 4.69) is 4.98 Å². The molecule has 1 N–H and O–H groups in total. The van der Waals surface area contributed by atoms with Gasteiger partial charge < -0.3 is 4.98 Å². The summed E-state index contributed by atoms with van der Waals surface area (Å²) in [6, 6.07) is 6.93. The minimum atomic E-state index is -0.0307. The van der Waals surface area contributed by atoms with Crippen LogP contribution >= 0.6 is 11.6 Å². The maximum Gasteiger partial charge on any atom is 0.191 e. The van der Waals surface area contributed by atoms with E-state index in [9.17, 15) is 4.79 Å². The SMILES string of the molecule is Cc1cc(=O)c2c(Cl)cccc2[nH]1. The molecule has 1 aromatic carbocycles. The number of aryl methyl sites for hydroxylation is 1. The zero-order valence-electron chi connectivity index (χ0n) is 7.10. The van der Waals surface area contributed by atoms with Crippen molar-refractivity contribution in [1.29, 1.82) is 0 Å². The van der Waals surface area contributed by atoms with Crippen LogP contribution in [0.5, 0.6) is 0 Å². The first-order chi connectivity index (χ1) is 6.18. The van der Waals surface area contributed by atoms with Gasteiger partial charge in [0, 0.05) is 11.8 Å². The molecular weight excluding hydrogens is 186 g/mol. The molecule has 13 heavy (non-hydrogen) atoms. The fraction of sp³-hybridized carbons (Fsp3) is 0.100. The van der Waals surface area contributed by atoms with Gasteiger partial charge in [-0.2, -0.15) is 0 Å². The molecule has 0 unspecified atom stereocenters. The first-order valence-corrected chi connectivity index (χ1v) is 4.34. The number of nitrogens with one attached hydrogen (secondary N) is 1. The monoisotopic (exact) mass is 193 g/mol. The Morgan fingerprint density at radius 1 is 1.38 bits per heavy atom. The number of hydrogen-bond donors (Lipinski definition) is 1. The summed E-state index contributed by atoms with van der Waals surface area (Å²) in [6.07, 6.45) is 0. The molecule has 0 saturated carbocycles. The van der Waals surface area contributed by atoms with E-state index in [4.69, 9.17) is 11.6 Å². The van der Waals surface area contributed by atoms with Crippen LogP contribution in [-0.4, -0.2) is 4.98 Å². The molecule has 2 aromatic rings. The number of aromatic amines is 1. The van der Waals surface area contributed by atoms with Gasteiger partial charge in [0.1, 0.15) is 0 Å². The molecule has 0 fully saturated rings. The minimum absolute atomic E-state index is 0.0307. The smallest absolute Gasteiger partial charge is 0.191 e. The number of H-pyrrole nitrogens is 1. The summed E-state index contributed by atoms with van der Waals surface area (Å²) in [7, 11) is 0. The number of hydrogen-bond acceptors (Lipinski definition) is 1. The third-order valence-electron chi connectivity index (χ3n) is 1.94. The number of rotatable bonds is 0. The Labute approximate surface area is 80.2 Å². The van der Waals surface area contributed by atoms with Gasteiger partial charge in [-0.3, -0.25) is 4.79 Å². The van der Waals surface area contributed by atoms with Crippen LogP contribution in [0.1, 0.15) is 5.69 Å². The largest absolute Gasteiger partial charge is 0.358 e. The van der Waals surface area contributed by atoms with Gasteiger partial charge in [-0.25, -0.2) is 0 Å². The summed E-state index contributed by atoms with van der Waals surface area (Å²) in [4.78, 5) is 14.6. The normalized spacial score (nSPS) is 10.6. The van der Waals surface area contributed by atoms with E-state index in [0.29, 0.717) is 10.4 Å². The van der Waals surface area contributed by atoms with Gasteiger partial charge in [0.2, 0.25) is 0 Å². The van der Waals surface area contributed by atoms with E-state index >= 15 is 0 Å². The Kier molecular flexibility index (Phi) is 1.85. The lowest BCUT2D eigenvalue weighted by atomic mass is 10.2. The van der Waals surface area contributed by atoms with Crippen LogP contribution in [0.15, 0.2) is 29.1 Å². The van der Waals surface area contributed by atoms with Gasteiger partial charge in [-0.1, -0.05) is 17.7 Å². The van der Waals surface area contributed by atoms with Gasteiger partial charge in [-0.15, -0.1) is 0 Å². The number of aromatic nitrogens is 1. The van der Waals surface area contributed by atoms with Crippen molar-refractivity contribution in [1.82, 2.24) is 4.98 Å². The van der Waals surface area contributed by atoms with Gasteiger partial charge in [0.25, 0.3) is 0 Å². The minimum Gasteiger partial charge on any atom is -0.358 e. The number of pyridine rings is 1. The van der Waals surface area contributed by atoms with E-state index in [1.54, 1.807) is 12.1 Å². The average Bonchev–Trinajstić information content (AvgIpc) is 2.02. The fourth-order valence-corrected chi connectivity index (χ4v) is 1.66. The molecule has 0 amide bonds. The second kappa shape index (κ2) is 2.89. The van der Waals surface area contributed by atoms with Crippen LogP contribution in [0.2, 0.25) is 5.02 Å². The molecular formula is C10H8ClNO. The van der Waals surface area contributed by atoms with E-state index in [1.165, 1.54) is 0 Å². The molecule has 0 aliphatic heterocycles. The van der Waals surface area contributed by atoms with Crippen LogP contribution in [-0.2, 0) is 0 Å². The predicted molar refractivity (Wildman–Crippen MR) is 54.3 cm³/mol. The molecule has 0 saturated heterocycles. The third-order valence-corrected chi connectivity index (χ3v) is 2.25. The van der Waals surface area contributed by atoms with Gasteiger partial charge >= 0.3 is 0 Å². The molecule has 0 spiro atoms. The quantitative estimate of drug-likeness (QED) is 0.685. The van der Waals surface area contributed by atoms with Crippen molar-refractivity contribution >= 4 is 22.5 Å². The topological polar surface area (TPSA) is 32.9 Å². The van der Waals surface area contributed by atoms with Gasteiger partial charge in [-0.05, 0) is 19.1 Å². The lowest BCUT2D eigenvalue weighted by Gasteiger charge is -2.00. The Hall–Kier alpha value is -1.28. The number of fused-ring (bicyclic) bond motifs is 1. The van der Waals surface area contributed by atoms with Crippen molar-refractivity contribution in [2.75, 3.05) is 0 Å². The highest BCUT2D eigenvalue weighted by molar-refractivity contribution is 6.35. The van der Waals surface area contributed by atoms with Crippen LogP contribution in [0.3, 0.4) is 0 Å². The Balaban J connectivity index is 3.03. The molecule has 1 heterocycles. The first-order valence-electron chi connectivity index (χ1n) is 3.96. The maximum atomic E-state index is 11.5.